The van der Waals surface area contributed by atoms with E-state index in [4.69, 9.17) is 9.47 Å². The second-order valence-corrected chi connectivity index (χ2v) is 8.55. The number of hydrogen-bond donors (Lipinski definition) is 1. The molecule has 174 valence electrons. The molecule has 0 radical (unpaired) electrons. The first kappa shape index (κ1) is 23.2. The SMILES string of the molecule is CCOCCCOC(=O)c1cc2cc(CC(=O)[C@H]3NCC[C@H]3c3ccccc3)ccc2n1C. The van der Waals surface area contributed by atoms with Crippen LogP contribution in [0.15, 0.2) is 54.6 Å². The second-order valence-electron chi connectivity index (χ2n) is 8.55. The summed E-state index contributed by atoms with van der Waals surface area (Å²) in [4.78, 5) is 25.7. The Morgan fingerprint density at radius 2 is 1.91 bits per heavy atom. The number of benzene rings is 2. The number of ether oxygens (including phenoxy) is 2. The summed E-state index contributed by atoms with van der Waals surface area (Å²) in [5.41, 5.74) is 3.61. The van der Waals surface area contributed by atoms with Crippen LogP contribution in [0.25, 0.3) is 10.9 Å². The monoisotopic (exact) mass is 448 g/mol. The van der Waals surface area contributed by atoms with Gasteiger partial charge in [0.05, 0.1) is 12.6 Å². The molecule has 2 aromatic carbocycles. The van der Waals surface area contributed by atoms with Gasteiger partial charge in [0, 0.05) is 49.9 Å². The maximum Gasteiger partial charge on any atom is 0.354 e. The van der Waals surface area contributed by atoms with Gasteiger partial charge in [-0.25, -0.2) is 4.79 Å². The number of carbonyl (C=O) groups excluding carboxylic acids is 2. The summed E-state index contributed by atoms with van der Waals surface area (Å²) in [5, 5.41) is 4.33. The lowest BCUT2D eigenvalue weighted by molar-refractivity contribution is -0.120. The van der Waals surface area contributed by atoms with Crippen LogP contribution in [0.4, 0.5) is 0 Å². The Kier molecular flexibility index (Phi) is 7.57. The number of esters is 1. The molecule has 3 aromatic rings. The first-order valence-electron chi connectivity index (χ1n) is 11.7. The van der Waals surface area contributed by atoms with Crippen LogP contribution in [0, 0.1) is 0 Å². The number of hydrogen-bond acceptors (Lipinski definition) is 5. The molecule has 1 saturated heterocycles. The predicted octanol–water partition coefficient (Wildman–Crippen LogP) is 4.02. The van der Waals surface area contributed by atoms with Crippen molar-refractivity contribution in [3.8, 4) is 0 Å². The number of aryl methyl sites for hydroxylation is 1. The van der Waals surface area contributed by atoms with E-state index in [-0.39, 0.29) is 23.7 Å². The van der Waals surface area contributed by atoms with E-state index in [9.17, 15) is 9.59 Å². The molecule has 1 aliphatic heterocycles. The van der Waals surface area contributed by atoms with Crippen molar-refractivity contribution in [3.05, 3.63) is 71.4 Å². The highest BCUT2D eigenvalue weighted by atomic mass is 16.5. The number of rotatable bonds is 10. The van der Waals surface area contributed by atoms with E-state index in [1.807, 2.05) is 61.0 Å². The molecule has 6 heteroatoms. The topological polar surface area (TPSA) is 69.6 Å². The highest BCUT2D eigenvalue weighted by Gasteiger charge is 2.33. The largest absolute Gasteiger partial charge is 0.461 e. The molecule has 1 N–H and O–H groups in total. The van der Waals surface area contributed by atoms with E-state index in [1.54, 1.807) is 0 Å². The molecule has 2 heterocycles. The van der Waals surface area contributed by atoms with Crippen LogP contribution < -0.4 is 5.32 Å². The zero-order chi connectivity index (χ0) is 23.2. The number of Topliss-reactive ketones (excluding diaryl/α,β-unsaturated/α-hetero) is 1. The zero-order valence-electron chi connectivity index (χ0n) is 19.4. The third-order valence-corrected chi connectivity index (χ3v) is 6.36. The van der Waals surface area contributed by atoms with Crippen LogP contribution in [-0.2, 0) is 27.7 Å². The number of fused-ring (bicyclic) bond motifs is 1. The second kappa shape index (κ2) is 10.8. The van der Waals surface area contributed by atoms with Crippen molar-refractivity contribution in [1.82, 2.24) is 9.88 Å². The van der Waals surface area contributed by atoms with E-state index in [0.29, 0.717) is 38.4 Å². The summed E-state index contributed by atoms with van der Waals surface area (Å²) in [6, 6.07) is 17.9. The Balaban J connectivity index is 1.43. The van der Waals surface area contributed by atoms with Crippen molar-refractivity contribution in [2.24, 2.45) is 7.05 Å². The third-order valence-electron chi connectivity index (χ3n) is 6.36. The van der Waals surface area contributed by atoms with Gasteiger partial charge in [-0.3, -0.25) is 4.79 Å². The Labute approximate surface area is 194 Å². The van der Waals surface area contributed by atoms with Gasteiger partial charge in [-0.1, -0.05) is 36.4 Å². The van der Waals surface area contributed by atoms with Gasteiger partial charge in [-0.15, -0.1) is 0 Å². The van der Waals surface area contributed by atoms with Gasteiger partial charge in [0.25, 0.3) is 0 Å². The quantitative estimate of drug-likeness (QED) is 0.375. The summed E-state index contributed by atoms with van der Waals surface area (Å²) in [5.74, 6) is 0.0671. The third kappa shape index (κ3) is 5.34. The summed E-state index contributed by atoms with van der Waals surface area (Å²) >= 11 is 0. The van der Waals surface area contributed by atoms with E-state index in [1.165, 1.54) is 5.56 Å². The number of nitrogens with zero attached hydrogens (tertiary/aromatic N) is 1. The normalized spacial score (nSPS) is 18.0. The molecule has 0 unspecified atom stereocenters. The van der Waals surface area contributed by atoms with Gasteiger partial charge in [-0.05, 0) is 49.2 Å². The Bertz CT molecular complexity index is 1110. The fourth-order valence-electron chi connectivity index (χ4n) is 4.66. The molecule has 0 aliphatic carbocycles. The highest BCUT2D eigenvalue weighted by molar-refractivity contribution is 5.96. The van der Waals surface area contributed by atoms with Gasteiger partial charge < -0.3 is 19.4 Å². The fraction of sp³-hybridized carbons (Fsp3) is 0.407. The molecule has 1 fully saturated rings. The van der Waals surface area contributed by atoms with Crippen molar-refractivity contribution in [1.29, 1.82) is 0 Å². The first-order valence-corrected chi connectivity index (χ1v) is 11.7. The molecule has 0 saturated carbocycles. The summed E-state index contributed by atoms with van der Waals surface area (Å²) in [7, 11) is 1.86. The van der Waals surface area contributed by atoms with Crippen LogP contribution in [0.5, 0.6) is 0 Å². The lowest BCUT2D eigenvalue weighted by Gasteiger charge is -2.19. The van der Waals surface area contributed by atoms with E-state index in [0.717, 1.165) is 29.4 Å². The van der Waals surface area contributed by atoms with E-state index >= 15 is 0 Å². The number of aromatic nitrogens is 1. The summed E-state index contributed by atoms with van der Waals surface area (Å²) in [6.45, 7) is 4.36. The minimum atomic E-state index is -0.344. The van der Waals surface area contributed by atoms with Crippen LogP contribution in [0.1, 0.15) is 47.3 Å². The van der Waals surface area contributed by atoms with Crippen molar-refractivity contribution >= 4 is 22.7 Å². The fourth-order valence-corrected chi connectivity index (χ4v) is 4.66. The van der Waals surface area contributed by atoms with E-state index < -0.39 is 0 Å². The lowest BCUT2D eigenvalue weighted by atomic mass is 9.88. The molecule has 0 amide bonds. The molecular formula is C27H32N2O4. The minimum absolute atomic E-state index is 0.166. The Morgan fingerprint density at radius 1 is 1.09 bits per heavy atom. The maximum absolute atomic E-state index is 13.2. The molecule has 33 heavy (non-hydrogen) atoms. The predicted molar refractivity (Wildman–Crippen MR) is 129 cm³/mol. The standard InChI is InChI=1S/C27H32N2O4/c1-3-32-14-7-15-33-27(31)24-18-21-16-19(10-11-23(21)29(24)2)17-25(30)26-22(12-13-28-26)20-8-5-4-6-9-20/h4-6,8-11,16,18,22,26,28H,3,7,12-15,17H2,1-2H3/t22-,26-/m0/s1. The van der Waals surface area contributed by atoms with Gasteiger partial charge >= 0.3 is 5.97 Å². The van der Waals surface area contributed by atoms with Crippen LogP contribution in [0.2, 0.25) is 0 Å². The average molecular weight is 449 g/mol. The zero-order valence-corrected chi connectivity index (χ0v) is 19.4. The Hall–Kier alpha value is -2.96. The van der Waals surface area contributed by atoms with Gasteiger partial charge in [0.15, 0.2) is 5.78 Å². The van der Waals surface area contributed by atoms with Crippen molar-refractivity contribution in [2.45, 2.75) is 38.1 Å². The van der Waals surface area contributed by atoms with Crippen molar-refractivity contribution in [3.63, 3.8) is 0 Å². The van der Waals surface area contributed by atoms with Crippen LogP contribution in [0.3, 0.4) is 0 Å². The molecule has 2 atom stereocenters. The van der Waals surface area contributed by atoms with E-state index in [2.05, 4.69) is 17.4 Å². The van der Waals surface area contributed by atoms with Crippen LogP contribution >= 0.6 is 0 Å². The van der Waals surface area contributed by atoms with Crippen LogP contribution in [-0.4, -0.2) is 48.7 Å². The highest BCUT2D eigenvalue weighted by Crippen LogP contribution is 2.29. The molecule has 1 aliphatic rings. The number of nitrogens with one attached hydrogen (secondary N) is 1. The molecule has 4 rings (SSSR count). The Morgan fingerprint density at radius 3 is 2.70 bits per heavy atom. The van der Waals surface area contributed by atoms with Gasteiger partial charge in [0.1, 0.15) is 5.69 Å². The average Bonchev–Trinajstić information content (AvgIpc) is 3.44. The number of ketones is 1. The van der Waals surface area contributed by atoms with Gasteiger partial charge in [0.2, 0.25) is 0 Å². The van der Waals surface area contributed by atoms with Gasteiger partial charge in [-0.2, -0.15) is 0 Å². The molecular weight excluding hydrogens is 416 g/mol. The van der Waals surface area contributed by atoms with Crippen molar-refractivity contribution < 1.29 is 19.1 Å². The summed E-state index contributed by atoms with van der Waals surface area (Å²) in [6.07, 6.45) is 2.01. The maximum atomic E-state index is 13.2. The first-order chi connectivity index (χ1) is 16.1. The lowest BCUT2D eigenvalue weighted by Crippen LogP contribution is -2.35. The number of carbonyl (C=O) groups is 2. The molecule has 0 spiro atoms. The molecule has 0 bridgehead atoms. The molecule has 6 nitrogen and oxygen atoms in total. The molecule has 1 aromatic heterocycles. The smallest absolute Gasteiger partial charge is 0.354 e. The van der Waals surface area contributed by atoms with Crippen molar-refractivity contribution in [2.75, 3.05) is 26.4 Å². The summed E-state index contributed by atoms with van der Waals surface area (Å²) < 4.78 is 12.5. The minimum Gasteiger partial charge on any atom is -0.461 e.